The second-order valence-corrected chi connectivity index (χ2v) is 7.18. The molecule has 0 unspecified atom stereocenters. The van der Waals surface area contributed by atoms with Crippen LogP contribution in [0.5, 0.6) is 0 Å². The zero-order chi connectivity index (χ0) is 20.3. The minimum atomic E-state index is 0.0591. The molecule has 0 spiro atoms. The molecule has 2 aliphatic heterocycles. The third kappa shape index (κ3) is 3.53. The smallest absolute Gasteiger partial charge is 0.210 e. The van der Waals surface area contributed by atoms with Crippen molar-refractivity contribution in [1.82, 2.24) is 14.8 Å². The average Bonchev–Trinajstić information content (AvgIpc) is 3.22. The molecule has 0 amide bonds. The largest absolute Gasteiger partial charge is 0.313 e. The van der Waals surface area contributed by atoms with E-state index in [-0.39, 0.29) is 12.3 Å². The van der Waals surface area contributed by atoms with E-state index in [1.54, 1.807) is 12.4 Å². The van der Waals surface area contributed by atoms with Gasteiger partial charge in [0.15, 0.2) is 5.78 Å². The van der Waals surface area contributed by atoms with Gasteiger partial charge < -0.3 is 9.80 Å². The lowest BCUT2D eigenvalue weighted by atomic mass is 10.0. The number of nitrogens with zero attached hydrogens (tertiary/aromatic N) is 4. The summed E-state index contributed by atoms with van der Waals surface area (Å²) in [6.45, 7) is 0.976. The molecule has 0 saturated carbocycles. The van der Waals surface area contributed by atoms with Gasteiger partial charge in [-0.1, -0.05) is 54.6 Å². The van der Waals surface area contributed by atoms with Crippen LogP contribution in [0, 0.1) is 0 Å². The Morgan fingerprint density at radius 2 is 1.57 bits per heavy atom. The maximum atomic E-state index is 12.9. The van der Waals surface area contributed by atoms with Crippen molar-refractivity contribution in [2.45, 2.75) is 0 Å². The lowest BCUT2D eigenvalue weighted by molar-refractivity contribution is 0.0974. The quantitative estimate of drug-likeness (QED) is 0.603. The molecule has 3 heterocycles. The van der Waals surface area contributed by atoms with E-state index in [1.165, 1.54) is 0 Å². The van der Waals surface area contributed by atoms with Crippen molar-refractivity contribution in [3.8, 4) is 11.1 Å². The maximum Gasteiger partial charge on any atom is 0.210 e. The molecule has 1 aromatic heterocycles. The van der Waals surface area contributed by atoms with E-state index < -0.39 is 0 Å². The molecule has 3 aromatic rings. The predicted molar refractivity (Wildman–Crippen MR) is 118 cm³/mol. The fourth-order valence-electron chi connectivity index (χ4n) is 3.62. The molecule has 0 radical (unpaired) electrons. The van der Waals surface area contributed by atoms with Crippen LogP contribution >= 0.6 is 0 Å². The van der Waals surface area contributed by atoms with Gasteiger partial charge in [0.1, 0.15) is 0 Å². The average molecular weight is 392 g/mol. The molecule has 0 aliphatic carbocycles. The minimum absolute atomic E-state index is 0.0591. The van der Waals surface area contributed by atoms with Gasteiger partial charge in [-0.3, -0.25) is 9.78 Å². The summed E-state index contributed by atoms with van der Waals surface area (Å²) < 4.78 is 0. The molecule has 0 fully saturated rings. The molecule has 2 aromatic carbocycles. The van der Waals surface area contributed by atoms with Crippen molar-refractivity contribution in [3.63, 3.8) is 0 Å². The second kappa shape index (κ2) is 7.79. The Hall–Kier alpha value is -3.99. The number of guanidine groups is 1. The van der Waals surface area contributed by atoms with Gasteiger partial charge in [0, 0.05) is 42.5 Å². The molecular formula is C25H20N4O. The fourth-order valence-corrected chi connectivity index (χ4v) is 3.62. The number of aliphatic imine (C=N–C) groups is 1. The van der Waals surface area contributed by atoms with Crippen LogP contribution in [0.25, 0.3) is 16.8 Å². The normalized spacial score (nSPS) is 14.9. The first kappa shape index (κ1) is 18.1. The molecule has 0 bridgehead atoms. The third-order valence-electron chi connectivity index (χ3n) is 5.25. The van der Waals surface area contributed by atoms with E-state index in [9.17, 15) is 4.79 Å². The molecule has 0 atom stereocenters. The second-order valence-electron chi connectivity index (χ2n) is 7.18. The van der Waals surface area contributed by atoms with Crippen LogP contribution in [0.3, 0.4) is 0 Å². The number of carbonyl (C=O) groups excluding carboxylic acids is 1. The maximum absolute atomic E-state index is 12.9. The number of carbonyl (C=O) groups is 1. The Labute approximate surface area is 175 Å². The van der Waals surface area contributed by atoms with Crippen LogP contribution in [0.15, 0.2) is 103 Å². The minimum Gasteiger partial charge on any atom is -0.313 e. The van der Waals surface area contributed by atoms with E-state index >= 15 is 0 Å². The van der Waals surface area contributed by atoms with Gasteiger partial charge in [-0.05, 0) is 29.3 Å². The number of hydrogen-bond acceptors (Lipinski definition) is 5. The van der Waals surface area contributed by atoms with Crippen molar-refractivity contribution in [1.29, 1.82) is 0 Å². The summed E-state index contributed by atoms with van der Waals surface area (Å²) in [5.74, 6) is 0.836. The van der Waals surface area contributed by atoms with Gasteiger partial charge >= 0.3 is 0 Å². The highest BCUT2D eigenvalue weighted by atomic mass is 16.1. The number of ketones is 1. The summed E-state index contributed by atoms with van der Waals surface area (Å²) in [6.07, 6.45) is 9.48. The Balaban J connectivity index is 1.32. The van der Waals surface area contributed by atoms with Crippen LogP contribution in [-0.4, -0.2) is 39.6 Å². The summed E-state index contributed by atoms with van der Waals surface area (Å²) in [5, 5.41) is 0. The molecule has 2 aliphatic rings. The van der Waals surface area contributed by atoms with E-state index in [0.717, 1.165) is 34.9 Å². The van der Waals surface area contributed by atoms with Gasteiger partial charge in [0.25, 0.3) is 0 Å². The van der Waals surface area contributed by atoms with Crippen LogP contribution < -0.4 is 0 Å². The highest BCUT2D eigenvalue weighted by molar-refractivity contribution is 6.01. The lowest BCUT2D eigenvalue weighted by Crippen LogP contribution is -2.38. The summed E-state index contributed by atoms with van der Waals surface area (Å²) in [6, 6.07) is 21.8. The number of aromatic nitrogens is 1. The predicted octanol–water partition coefficient (Wildman–Crippen LogP) is 4.43. The molecule has 0 N–H and O–H groups in total. The monoisotopic (exact) mass is 392 g/mol. The Morgan fingerprint density at radius 3 is 2.33 bits per heavy atom. The summed E-state index contributed by atoms with van der Waals surface area (Å²) in [5.41, 5.74) is 4.86. The molecule has 5 rings (SSSR count). The number of pyridine rings is 1. The van der Waals surface area contributed by atoms with E-state index in [2.05, 4.69) is 23.2 Å². The topological polar surface area (TPSA) is 48.8 Å². The number of benzene rings is 2. The molecule has 0 saturated heterocycles. The van der Waals surface area contributed by atoms with Crippen molar-refractivity contribution < 1.29 is 4.79 Å². The Kier molecular flexibility index (Phi) is 4.69. The van der Waals surface area contributed by atoms with Gasteiger partial charge in [0.2, 0.25) is 5.96 Å². The highest BCUT2D eigenvalue weighted by Crippen LogP contribution is 2.24. The molecular weight excluding hydrogens is 372 g/mol. The SMILES string of the molecule is O=C(CN1C=CN2CC=C(c3ccncc3)N=C21)c1ccc(-c2ccccc2)cc1. The van der Waals surface area contributed by atoms with Crippen LogP contribution in [0.4, 0.5) is 0 Å². The van der Waals surface area contributed by atoms with Gasteiger partial charge in [-0.15, -0.1) is 0 Å². The standard InChI is InChI=1S/C25H20N4O/c30-24(22-8-6-20(7-9-22)19-4-2-1-3-5-19)18-29-17-16-28-15-12-23(27-25(28)29)21-10-13-26-14-11-21/h1-14,16-17H,15,18H2. The van der Waals surface area contributed by atoms with Gasteiger partial charge in [0.05, 0.1) is 12.2 Å². The number of rotatable bonds is 5. The molecule has 5 heteroatoms. The van der Waals surface area contributed by atoms with Crippen LogP contribution in [-0.2, 0) is 0 Å². The molecule has 5 nitrogen and oxygen atoms in total. The summed E-state index contributed by atoms with van der Waals surface area (Å²) >= 11 is 0. The number of hydrogen-bond donors (Lipinski definition) is 0. The first-order valence-corrected chi connectivity index (χ1v) is 9.87. The highest BCUT2D eigenvalue weighted by Gasteiger charge is 2.26. The zero-order valence-electron chi connectivity index (χ0n) is 16.3. The molecule has 146 valence electrons. The molecule has 30 heavy (non-hydrogen) atoms. The van der Waals surface area contributed by atoms with Crippen LogP contribution in [0.2, 0.25) is 0 Å². The van der Waals surface area contributed by atoms with E-state index in [1.807, 2.05) is 76.8 Å². The zero-order valence-corrected chi connectivity index (χ0v) is 16.3. The summed E-state index contributed by atoms with van der Waals surface area (Å²) in [7, 11) is 0. The number of Topliss-reactive ketones (excluding diaryl/α,β-unsaturated/α-hetero) is 1. The Bertz CT molecular complexity index is 1150. The van der Waals surface area contributed by atoms with E-state index in [0.29, 0.717) is 5.56 Å². The lowest BCUT2D eigenvalue weighted by Gasteiger charge is -2.25. The van der Waals surface area contributed by atoms with Crippen LogP contribution in [0.1, 0.15) is 15.9 Å². The van der Waals surface area contributed by atoms with Gasteiger partial charge in [-0.2, -0.15) is 0 Å². The van der Waals surface area contributed by atoms with Crippen molar-refractivity contribution in [2.24, 2.45) is 4.99 Å². The van der Waals surface area contributed by atoms with Crippen molar-refractivity contribution >= 4 is 17.4 Å². The first-order chi connectivity index (χ1) is 14.8. The Morgan fingerprint density at radius 1 is 0.833 bits per heavy atom. The van der Waals surface area contributed by atoms with E-state index in [4.69, 9.17) is 4.99 Å². The number of fused-ring (bicyclic) bond motifs is 1. The fraction of sp³-hybridized carbons (Fsp3) is 0.0800. The first-order valence-electron chi connectivity index (χ1n) is 9.87. The summed E-state index contributed by atoms with van der Waals surface area (Å²) in [4.78, 5) is 25.7. The van der Waals surface area contributed by atoms with Gasteiger partial charge in [-0.25, -0.2) is 4.99 Å². The van der Waals surface area contributed by atoms with Crippen molar-refractivity contribution in [3.05, 3.63) is 109 Å². The third-order valence-corrected chi connectivity index (χ3v) is 5.25. The van der Waals surface area contributed by atoms with Crippen molar-refractivity contribution in [2.75, 3.05) is 13.1 Å².